The average Bonchev–Trinajstić information content (AvgIpc) is 2.81. The van der Waals surface area contributed by atoms with Gasteiger partial charge in [-0.25, -0.2) is 9.97 Å². The quantitative estimate of drug-likeness (QED) is 0.587. The van der Waals surface area contributed by atoms with E-state index in [1.165, 1.54) is 11.8 Å². The van der Waals surface area contributed by atoms with Gasteiger partial charge in [-0.05, 0) is 55.5 Å². The first-order valence-corrected chi connectivity index (χ1v) is 10.3. The Morgan fingerprint density at radius 2 is 1.71 bits per heavy atom. The number of morpholine rings is 1. The maximum atomic E-state index is 11.7. The van der Waals surface area contributed by atoms with Crippen LogP contribution in [0.4, 0.5) is 23.0 Å². The number of carbonyl (C=O) groups excluding carboxylic acids is 1. The summed E-state index contributed by atoms with van der Waals surface area (Å²) in [6.07, 6.45) is 4.92. The molecule has 1 fully saturated rings. The fourth-order valence-corrected chi connectivity index (χ4v) is 3.35. The largest absolute Gasteiger partial charge is 0.378 e. The zero-order valence-corrected chi connectivity index (χ0v) is 17.4. The lowest BCUT2D eigenvalue weighted by Crippen LogP contribution is -2.36. The minimum Gasteiger partial charge on any atom is -0.378 e. The van der Waals surface area contributed by atoms with Crippen LogP contribution in [-0.2, 0) is 9.53 Å². The van der Waals surface area contributed by atoms with Gasteiger partial charge in [0, 0.05) is 41.9 Å². The van der Waals surface area contributed by atoms with Gasteiger partial charge in [-0.2, -0.15) is 0 Å². The van der Waals surface area contributed by atoms with Gasteiger partial charge >= 0.3 is 0 Å². The Bertz CT molecular complexity index is 1040. The molecule has 2 heterocycles. The molecule has 4 rings (SSSR count). The molecule has 0 spiro atoms. The van der Waals surface area contributed by atoms with Crippen LogP contribution in [-0.4, -0.2) is 42.2 Å². The number of allylic oxidation sites excluding steroid dienone is 1. The first-order chi connectivity index (χ1) is 15.2. The zero-order valence-electron chi connectivity index (χ0n) is 17.4. The highest BCUT2D eigenvalue weighted by Crippen LogP contribution is 2.23. The van der Waals surface area contributed by atoms with Gasteiger partial charge in [-0.1, -0.05) is 18.2 Å². The van der Waals surface area contributed by atoms with Gasteiger partial charge in [0.1, 0.15) is 0 Å². The lowest BCUT2D eigenvalue weighted by Gasteiger charge is -2.28. The van der Waals surface area contributed by atoms with Gasteiger partial charge in [0.05, 0.1) is 18.9 Å². The number of nitrogens with zero attached hydrogens (tertiary/aromatic N) is 3. The van der Waals surface area contributed by atoms with Gasteiger partial charge < -0.3 is 20.3 Å². The summed E-state index contributed by atoms with van der Waals surface area (Å²) in [5.41, 5.74) is 4.59. The SMILES string of the molecule is C/C=C/C(=O)Nc1ccc(-c2ccnc(Nc3ccc(N4CCOCC4)cc3)n2)cc1. The summed E-state index contributed by atoms with van der Waals surface area (Å²) < 4.78 is 5.41. The fourth-order valence-electron chi connectivity index (χ4n) is 3.35. The Kier molecular flexibility index (Phi) is 6.54. The predicted octanol–water partition coefficient (Wildman–Crippen LogP) is 4.24. The van der Waals surface area contributed by atoms with Gasteiger partial charge in [0.15, 0.2) is 0 Å². The molecule has 0 atom stereocenters. The van der Waals surface area contributed by atoms with E-state index >= 15 is 0 Å². The van der Waals surface area contributed by atoms with E-state index < -0.39 is 0 Å². The van der Waals surface area contributed by atoms with Crippen molar-refractivity contribution in [2.24, 2.45) is 0 Å². The normalized spacial score (nSPS) is 13.9. The Hall–Kier alpha value is -3.71. The molecule has 7 heteroatoms. The number of benzene rings is 2. The van der Waals surface area contributed by atoms with Crippen LogP contribution in [0.3, 0.4) is 0 Å². The fraction of sp³-hybridized carbons (Fsp3) is 0.208. The third-order valence-electron chi connectivity index (χ3n) is 4.92. The van der Waals surface area contributed by atoms with Crippen LogP contribution in [0.5, 0.6) is 0 Å². The summed E-state index contributed by atoms with van der Waals surface area (Å²) in [6, 6.07) is 17.7. The van der Waals surface area contributed by atoms with Crippen LogP contribution in [0.2, 0.25) is 0 Å². The zero-order chi connectivity index (χ0) is 21.5. The Balaban J connectivity index is 1.43. The minimum absolute atomic E-state index is 0.150. The van der Waals surface area contributed by atoms with E-state index in [1.807, 2.05) is 49.4 Å². The van der Waals surface area contributed by atoms with Crippen molar-refractivity contribution in [3.63, 3.8) is 0 Å². The molecular weight excluding hydrogens is 390 g/mol. The molecule has 0 bridgehead atoms. The van der Waals surface area contributed by atoms with E-state index in [4.69, 9.17) is 4.74 Å². The van der Waals surface area contributed by atoms with Crippen molar-refractivity contribution in [3.8, 4) is 11.3 Å². The van der Waals surface area contributed by atoms with Crippen molar-refractivity contribution in [2.75, 3.05) is 41.8 Å². The average molecular weight is 415 g/mol. The Morgan fingerprint density at radius 3 is 2.42 bits per heavy atom. The van der Waals surface area contributed by atoms with Crippen LogP contribution in [0.1, 0.15) is 6.92 Å². The molecule has 0 unspecified atom stereocenters. The van der Waals surface area contributed by atoms with Crippen LogP contribution in [0.15, 0.2) is 72.9 Å². The molecule has 0 saturated carbocycles. The van der Waals surface area contributed by atoms with E-state index in [0.29, 0.717) is 5.95 Å². The lowest BCUT2D eigenvalue weighted by atomic mass is 10.1. The van der Waals surface area contributed by atoms with Crippen molar-refractivity contribution >= 4 is 28.9 Å². The van der Waals surface area contributed by atoms with Gasteiger partial charge in [0.2, 0.25) is 11.9 Å². The third kappa shape index (κ3) is 5.46. The van der Waals surface area contributed by atoms with E-state index in [9.17, 15) is 4.79 Å². The van der Waals surface area contributed by atoms with E-state index in [-0.39, 0.29) is 5.91 Å². The third-order valence-corrected chi connectivity index (χ3v) is 4.92. The van der Waals surface area contributed by atoms with Crippen molar-refractivity contribution in [2.45, 2.75) is 6.92 Å². The molecule has 31 heavy (non-hydrogen) atoms. The second kappa shape index (κ2) is 9.86. The van der Waals surface area contributed by atoms with Crippen LogP contribution >= 0.6 is 0 Å². The van der Waals surface area contributed by atoms with Crippen molar-refractivity contribution in [1.82, 2.24) is 9.97 Å². The molecular formula is C24H25N5O2. The highest BCUT2D eigenvalue weighted by molar-refractivity contribution is 5.99. The summed E-state index contributed by atoms with van der Waals surface area (Å²) in [7, 11) is 0. The first kappa shape index (κ1) is 20.6. The first-order valence-electron chi connectivity index (χ1n) is 10.3. The number of rotatable bonds is 6. The molecule has 158 valence electrons. The van der Waals surface area contributed by atoms with E-state index in [1.54, 1.807) is 12.3 Å². The number of carbonyl (C=O) groups is 1. The number of anilines is 4. The second-order valence-corrected chi connectivity index (χ2v) is 7.10. The number of ether oxygens (including phenoxy) is 1. The summed E-state index contributed by atoms with van der Waals surface area (Å²) in [5, 5.41) is 6.08. The predicted molar refractivity (Wildman–Crippen MR) is 124 cm³/mol. The molecule has 1 aliphatic heterocycles. The van der Waals surface area contributed by atoms with E-state index in [0.717, 1.165) is 48.9 Å². The number of hydrogen-bond acceptors (Lipinski definition) is 6. The highest BCUT2D eigenvalue weighted by atomic mass is 16.5. The molecule has 1 aliphatic rings. The van der Waals surface area contributed by atoms with E-state index in [2.05, 4.69) is 37.6 Å². The maximum Gasteiger partial charge on any atom is 0.248 e. The summed E-state index contributed by atoms with van der Waals surface area (Å²) >= 11 is 0. The molecule has 1 aromatic heterocycles. The topological polar surface area (TPSA) is 79.4 Å². The van der Waals surface area contributed by atoms with Crippen molar-refractivity contribution < 1.29 is 9.53 Å². The molecule has 2 N–H and O–H groups in total. The number of aromatic nitrogens is 2. The summed E-state index contributed by atoms with van der Waals surface area (Å²) in [4.78, 5) is 22.9. The molecule has 7 nitrogen and oxygen atoms in total. The van der Waals surface area contributed by atoms with Crippen LogP contribution in [0, 0.1) is 0 Å². The maximum absolute atomic E-state index is 11.7. The molecule has 3 aromatic rings. The number of amides is 1. The highest BCUT2D eigenvalue weighted by Gasteiger charge is 2.11. The molecule has 0 aliphatic carbocycles. The smallest absolute Gasteiger partial charge is 0.248 e. The molecule has 1 saturated heterocycles. The summed E-state index contributed by atoms with van der Waals surface area (Å²) in [6.45, 7) is 5.17. The van der Waals surface area contributed by atoms with Gasteiger partial charge in [-0.15, -0.1) is 0 Å². The number of nitrogens with one attached hydrogen (secondary N) is 2. The van der Waals surface area contributed by atoms with Crippen molar-refractivity contribution in [1.29, 1.82) is 0 Å². The minimum atomic E-state index is -0.150. The summed E-state index contributed by atoms with van der Waals surface area (Å²) in [5.74, 6) is 0.380. The Labute approximate surface area is 181 Å². The van der Waals surface area contributed by atoms with Gasteiger partial charge in [-0.3, -0.25) is 4.79 Å². The Morgan fingerprint density at radius 1 is 1.00 bits per heavy atom. The van der Waals surface area contributed by atoms with Crippen molar-refractivity contribution in [3.05, 3.63) is 72.9 Å². The standard InChI is InChI=1S/C24H25N5O2/c1-2-3-23(30)26-19-6-4-18(5-7-19)22-12-13-25-24(28-22)27-20-8-10-21(11-9-20)29-14-16-31-17-15-29/h2-13H,14-17H2,1H3,(H,26,30)(H,25,27,28)/b3-2+. The molecule has 1 amide bonds. The van der Waals surface area contributed by atoms with Crippen LogP contribution in [0.25, 0.3) is 11.3 Å². The van der Waals surface area contributed by atoms with Crippen LogP contribution < -0.4 is 15.5 Å². The molecule has 0 radical (unpaired) electrons. The second-order valence-electron chi connectivity index (χ2n) is 7.10. The van der Waals surface area contributed by atoms with Gasteiger partial charge in [0.25, 0.3) is 0 Å². The molecule has 2 aromatic carbocycles. The monoisotopic (exact) mass is 415 g/mol. The number of hydrogen-bond donors (Lipinski definition) is 2. The lowest BCUT2D eigenvalue weighted by molar-refractivity contribution is -0.111.